The molecule has 0 radical (unpaired) electrons. The second-order valence-electron chi connectivity index (χ2n) is 3.51. The molecule has 2 aromatic rings. The van der Waals surface area contributed by atoms with Gasteiger partial charge in [-0.1, -0.05) is 23.7 Å². The van der Waals surface area contributed by atoms with Crippen LogP contribution in [0.15, 0.2) is 24.4 Å². The molecule has 6 heteroatoms. The van der Waals surface area contributed by atoms with Crippen LogP contribution in [0.2, 0.25) is 5.02 Å². The number of aryl methyl sites for hydroxylation is 1. The largest absolute Gasteiger partial charge is 0.265 e. The van der Waals surface area contributed by atoms with Gasteiger partial charge in [0.1, 0.15) is 0 Å². The number of hydrogen-bond acceptors (Lipinski definition) is 2. The molecule has 0 aliphatic carbocycles. The highest BCUT2D eigenvalue weighted by atomic mass is 35.5. The predicted octanol–water partition coefficient (Wildman–Crippen LogP) is 3.42. The van der Waals surface area contributed by atoms with Crippen LogP contribution >= 0.6 is 11.6 Å². The lowest BCUT2D eigenvalue weighted by atomic mass is 10.2. The fourth-order valence-electron chi connectivity index (χ4n) is 1.43. The molecule has 3 nitrogen and oxygen atoms in total. The zero-order valence-electron chi connectivity index (χ0n) is 9.07. The molecule has 0 aliphatic rings. The van der Waals surface area contributed by atoms with Gasteiger partial charge >= 0.3 is 0 Å². The maximum atomic E-state index is 12.7. The summed E-state index contributed by atoms with van der Waals surface area (Å²) in [6, 6.07) is 4.38. The second kappa shape index (κ2) is 4.79. The van der Waals surface area contributed by atoms with Gasteiger partial charge in [-0.25, -0.2) is 13.5 Å². The van der Waals surface area contributed by atoms with Crippen LogP contribution in [-0.4, -0.2) is 15.0 Å². The minimum Gasteiger partial charge on any atom is -0.220 e. The van der Waals surface area contributed by atoms with Crippen molar-refractivity contribution in [1.82, 2.24) is 15.0 Å². The van der Waals surface area contributed by atoms with Gasteiger partial charge < -0.3 is 0 Å². The van der Waals surface area contributed by atoms with Crippen LogP contribution < -0.4 is 0 Å². The van der Waals surface area contributed by atoms with Gasteiger partial charge in [0.15, 0.2) is 0 Å². The van der Waals surface area contributed by atoms with E-state index in [1.165, 1.54) is 16.8 Å². The van der Waals surface area contributed by atoms with Crippen LogP contribution in [0.3, 0.4) is 0 Å². The first-order chi connectivity index (χ1) is 8.11. The smallest absolute Gasteiger partial charge is 0.220 e. The van der Waals surface area contributed by atoms with Crippen molar-refractivity contribution in [1.29, 1.82) is 0 Å². The number of nitrogens with zero attached hydrogens (tertiary/aromatic N) is 3. The summed E-state index contributed by atoms with van der Waals surface area (Å²) in [5.74, 6) is 0. The zero-order chi connectivity index (χ0) is 12.4. The molecule has 2 rings (SSSR count). The Hall–Kier alpha value is -1.49. The van der Waals surface area contributed by atoms with E-state index in [0.29, 0.717) is 5.69 Å². The van der Waals surface area contributed by atoms with Crippen molar-refractivity contribution in [3.8, 4) is 5.69 Å². The van der Waals surface area contributed by atoms with E-state index in [9.17, 15) is 8.78 Å². The van der Waals surface area contributed by atoms with Gasteiger partial charge in [-0.05, 0) is 24.6 Å². The van der Waals surface area contributed by atoms with Crippen molar-refractivity contribution >= 4 is 11.6 Å². The first-order valence-electron chi connectivity index (χ1n) is 5.11. The highest BCUT2D eigenvalue weighted by molar-refractivity contribution is 6.31. The quantitative estimate of drug-likeness (QED) is 0.844. The third-order valence-corrected chi connectivity index (χ3v) is 2.73. The SMILES string of the molecule is CCc1cn(-c2ccc(Cl)c(C(F)F)c2)nn1. The zero-order valence-corrected chi connectivity index (χ0v) is 9.83. The summed E-state index contributed by atoms with van der Waals surface area (Å²) in [5.41, 5.74) is 1.13. The Labute approximate surface area is 102 Å². The number of rotatable bonds is 3. The third kappa shape index (κ3) is 2.44. The Bertz CT molecular complexity index is 525. The van der Waals surface area contributed by atoms with E-state index in [4.69, 9.17) is 11.6 Å². The van der Waals surface area contributed by atoms with E-state index in [1.54, 1.807) is 12.3 Å². The molecular formula is C11H10ClF2N3. The van der Waals surface area contributed by atoms with Crippen LogP contribution in [-0.2, 0) is 6.42 Å². The molecule has 0 atom stereocenters. The summed E-state index contributed by atoms with van der Waals surface area (Å²) in [6.07, 6.45) is -0.148. The van der Waals surface area contributed by atoms with Gasteiger partial charge in [0.25, 0.3) is 6.43 Å². The Morgan fingerprint density at radius 3 is 2.76 bits per heavy atom. The maximum absolute atomic E-state index is 12.7. The summed E-state index contributed by atoms with van der Waals surface area (Å²) >= 11 is 5.69. The molecule has 0 unspecified atom stereocenters. The van der Waals surface area contributed by atoms with Gasteiger partial charge in [-0.3, -0.25) is 0 Å². The third-order valence-electron chi connectivity index (χ3n) is 2.38. The number of alkyl halides is 2. The highest BCUT2D eigenvalue weighted by Crippen LogP contribution is 2.28. The van der Waals surface area contributed by atoms with Crippen molar-refractivity contribution in [2.45, 2.75) is 19.8 Å². The van der Waals surface area contributed by atoms with E-state index < -0.39 is 6.43 Å². The number of benzene rings is 1. The Balaban J connectivity index is 2.42. The van der Waals surface area contributed by atoms with Crippen molar-refractivity contribution < 1.29 is 8.78 Å². The molecule has 17 heavy (non-hydrogen) atoms. The molecule has 0 saturated carbocycles. The first kappa shape index (κ1) is 12.0. The molecule has 0 spiro atoms. The van der Waals surface area contributed by atoms with Crippen LogP contribution in [0, 0.1) is 0 Å². The lowest BCUT2D eigenvalue weighted by molar-refractivity contribution is 0.151. The second-order valence-corrected chi connectivity index (χ2v) is 3.92. The van der Waals surface area contributed by atoms with Crippen LogP contribution in [0.1, 0.15) is 24.6 Å². The lowest BCUT2D eigenvalue weighted by Crippen LogP contribution is -1.97. The van der Waals surface area contributed by atoms with Crippen LogP contribution in [0.25, 0.3) is 5.69 Å². The molecule has 1 heterocycles. The Morgan fingerprint density at radius 1 is 1.41 bits per heavy atom. The summed E-state index contributed by atoms with van der Waals surface area (Å²) in [6.45, 7) is 1.95. The van der Waals surface area contributed by atoms with Crippen LogP contribution in [0.4, 0.5) is 8.78 Å². The molecule has 0 saturated heterocycles. The lowest BCUT2D eigenvalue weighted by Gasteiger charge is -2.06. The molecular weight excluding hydrogens is 248 g/mol. The van der Waals surface area contributed by atoms with Gasteiger partial charge in [0, 0.05) is 10.6 Å². The molecule has 0 bridgehead atoms. The van der Waals surface area contributed by atoms with Crippen LogP contribution in [0.5, 0.6) is 0 Å². The molecule has 1 aromatic carbocycles. The molecule has 0 fully saturated rings. The van der Waals surface area contributed by atoms with Gasteiger partial charge in [-0.2, -0.15) is 0 Å². The number of aromatic nitrogens is 3. The topological polar surface area (TPSA) is 30.7 Å². The Morgan fingerprint density at radius 2 is 2.18 bits per heavy atom. The van der Waals surface area contributed by atoms with Crippen molar-refractivity contribution in [2.24, 2.45) is 0 Å². The molecule has 0 N–H and O–H groups in total. The summed E-state index contributed by atoms with van der Waals surface area (Å²) in [7, 11) is 0. The van der Waals surface area contributed by atoms with Crippen molar-refractivity contribution in [2.75, 3.05) is 0 Å². The predicted molar refractivity (Wildman–Crippen MR) is 60.7 cm³/mol. The maximum Gasteiger partial charge on any atom is 0.265 e. The summed E-state index contributed by atoms with van der Waals surface area (Å²) in [5, 5.41) is 7.82. The minimum atomic E-state index is -2.60. The van der Waals surface area contributed by atoms with E-state index in [1.807, 2.05) is 6.92 Å². The molecule has 0 amide bonds. The number of hydrogen-bond donors (Lipinski definition) is 0. The van der Waals surface area contributed by atoms with E-state index in [2.05, 4.69) is 10.3 Å². The van der Waals surface area contributed by atoms with E-state index >= 15 is 0 Å². The summed E-state index contributed by atoms with van der Waals surface area (Å²) < 4.78 is 26.8. The van der Waals surface area contributed by atoms with Gasteiger partial charge in [-0.15, -0.1) is 5.10 Å². The molecule has 1 aromatic heterocycles. The number of halogens is 3. The minimum absolute atomic E-state index is 0.0552. The average Bonchev–Trinajstić information content (AvgIpc) is 2.78. The monoisotopic (exact) mass is 257 g/mol. The highest BCUT2D eigenvalue weighted by Gasteiger charge is 2.13. The fourth-order valence-corrected chi connectivity index (χ4v) is 1.63. The van der Waals surface area contributed by atoms with Crippen molar-refractivity contribution in [3.63, 3.8) is 0 Å². The van der Waals surface area contributed by atoms with Gasteiger partial charge in [0.2, 0.25) is 0 Å². The van der Waals surface area contributed by atoms with E-state index in [0.717, 1.165) is 12.1 Å². The molecule has 0 aliphatic heterocycles. The Kier molecular flexibility index (Phi) is 3.38. The average molecular weight is 258 g/mol. The summed E-state index contributed by atoms with van der Waals surface area (Å²) in [4.78, 5) is 0. The standard InChI is InChI=1S/C11H10ClF2N3/c1-2-7-6-17(16-15-7)8-3-4-10(12)9(5-8)11(13)14/h3-6,11H,2H2,1H3. The van der Waals surface area contributed by atoms with Crippen molar-refractivity contribution in [3.05, 3.63) is 40.7 Å². The first-order valence-corrected chi connectivity index (χ1v) is 5.48. The normalized spacial score (nSPS) is 11.1. The fraction of sp³-hybridized carbons (Fsp3) is 0.273. The van der Waals surface area contributed by atoms with E-state index in [-0.39, 0.29) is 10.6 Å². The van der Waals surface area contributed by atoms with Gasteiger partial charge in [0.05, 0.1) is 17.6 Å². The molecule has 90 valence electrons.